The van der Waals surface area contributed by atoms with E-state index in [9.17, 15) is 22.8 Å². The van der Waals surface area contributed by atoms with Crippen LogP contribution in [0.4, 0.5) is 11.5 Å². The van der Waals surface area contributed by atoms with Gasteiger partial charge in [0.1, 0.15) is 5.82 Å². The summed E-state index contributed by atoms with van der Waals surface area (Å²) in [5, 5.41) is 2.59. The van der Waals surface area contributed by atoms with Crippen LogP contribution in [0.2, 0.25) is 10.0 Å². The zero-order valence-electron chi connectivity index (χ0n) is 15.3. The SMILES string of the molecule is Nc1c2c(cc(=O)n1-c1ccc(S(=O)(=O)Nc3cc(Cl)cc(Cl)c3)cc1)C(=O)NC2=O. The van der Waals surface area contributed by atoms with Crippen LogP contribution in [-0.2, 0) is 10.0 Å². The summed E-state index contributed by atoms with van der Waals surface area (Å²) in [6.07, 6.45) is 0. The third-order valence-electron chi connectivity index (χ3n) is 4.47. The molecule has 0 unspecified atom stereocenters. The minimum absolute atomic E-state index is 0.104. The Morgan fingerprint density at radius 3 is 2.13 bits per heavy atom. The van der Waals surface area contributed by atoms with E-state index in [1.165, 1.54) is 42.5 Å². The van der Waals surface area contributed by atoms with Crippen molar-refractivity contribution in [1.29, 1.82) is 0 Å². The molecule has 1 aromatic heterocycles. The molecular weight excluding hydrogens is 467 g/mol. The number of carbonyl (C=O) groups excluding carboxylic acids is 2. The lowest BCUT2D eigenvalue weighted by Crippen LogP contribution is -2.24. The second-order valence-electron chi connectivity index (χ2n) is 6.53. The van der Waals surface area contributed by atoms with Crippen molar-refractivity contribution in [3.63, 3.8) is 0 Å². The van der Waals surface area contributed by atoms with E-state index in [4.69, 9.17) is 28.9 Å². The van der Waals surface area contributed by atoms with Gasteiger partial charge in [-0.1, -0.05) is 23.2 Å². The van der Waals surface area contributed by atoms with Gasteiger partial charge in [0.15, 0.2) is 0 Å². The van der Waals surface area contributed by atoms with Gasteiger partial charge in [-0.25, -0.2) is 8.42 Å². The highest BCUT2D eigenvalue weighted by molar-refractivity contribution is 7.92. The first-order chi connectivity index (χ1) is 14.6. The van der Waals surface area contributed by atoms with E-state index in [-0.39, 0.29) is 43.3 Å². The molecule has 0 saturated carbocycles. The van der Waals surface area contributed by atoms with Crippen molar-refractivity contribution in [2.24, 2.45) is 0 Å². The van der Waals surface area contributed by atoms with Crippen LogP contribution in [-0.4, -0.2) is 24.8 Å². The maximum Gasteiger partial charge on any atom is 0.262 e. The largest absolute Gasteiger partial charge is 0.384 e. The van der Waals surface area contributed by atoms with Crippen molar-refractivity contribution in [2.75, 3.05) is 10.5 Å². The van der Waals surface area contributed by atoms with Crippen molar-refractivity contribution in [3.05, 3.63) is 80.1 Å². The fraction of sp³-hybridized carbons (Fsp3) is 0. The molecule has 1 aliphatic rings. The van der Waals surface area contributed by atoms with Crippen molar-refractivity contribution in [1.82, 2.24) is 9.88 Å². The van der Waals surface area contributed by atoms with Gasteiger partial charge >= 0.3 is 0 Å². The zero-order chi connectivity index (χ0) is 22.5. The normalized spacial score (nSPS) is 13.1. The Morgan fingerprint density at radius 1 is 0.903 bits per heavy atom. The second-order valence-corrected chi connectivity index (χ2v) is 9.09. The number of amides is 2. The molecule has 0 atom stereocenters. The van der Waals surface area contributed by atoms with Crippen molar-refractivity contribution in [3.8, 4) is 5.69 Å². The molecule has 158 valence electrons. The predicted octanol–water partition coefficient (Wildman–Crippen LogP) is 2.41. The summed E-state index contributed by atoms with van der Waals surface area (Å²) < 4.78 is 28.7. The summed E-state index contributed by atoms with van der Waals surface area (Å²) in [6.45, 7) is 0. The van der Waals surface area contributed by atoms with Gasteiger partial charge in [0.2, 0.25) is 0 Å². The standard InChI is InChI=1S/C19H12Cl2N4O5S/c20-9-5-10(21)7-11(6-9)24-31(29,30)13-3-1-12(2-4-13)25-15(26)8-14-16(17(25)22)19(28)23-18(14)27/h1-8,24H,22H2,(H,23,27,28). The average Bonchev–Trinajstić information content (AvgIpc) is 2.94. The summed E-state index contributed by atoms with van der Waals surface area (Å²) in [5.74, 6) is -1.65. The quantitative estimate of drug-likeness (QED) is 0.491. The van der Waals surface area contributed by atoms with Crippen LogP contribution < -0.4 is 21.3 Å². The van der Waals surface area contributed by atoms with Crippen molar-refractivity contribution < 1.29 is 18.0 Å². The molecule has 31 heavy (non-hydrogen) atoms. The number of pyridine rings is 1. The number of rotatable bonds is 4. The lowest BCUT2D eigenvalue weighted by atomic mass is 10.1. The van der Waals surface area contributed by atoms with E-state index in [2.05, 4.69) is 10.0 Å². The van der Waals surface area contributed by atoms with Crippen LogP contribution in [0, 0.1) is 0 Å². The van der Waals surface area contributed by atoms with Gasteiger partial charge in [0, 0.05) is 16.1 Å². The van der Waals surface area contributed by atoms with Crippen molar-refractivity contribution in [2.45, 2.75) is 4.90 Å². The molecule has 0 aliphatic carbocycles. The Balaban J connectivity index is 1.71. The highest BCUT2D eigenvalue weighted by Gasteiger charge is 2.31. The number of hydrogen-bond donors (Lipinski definition) is 3. The molecule has 0 fully saturated rings. The molecule has 1 aliphatic heterocycles. The maximum atomic E-state index is 12.7. The van der Waals surface area contributed by atoms with Crippen LogP contribution in [0.25, 0.3) is 5.69 Å². The van der Waals surface area contributed by atoms with Gasteiger partial charge < -0.3 is 5.73 Å². The molecule has 4 rings (SSSR count). The fourth-order valence-corrected chi connectivity index (χ4v) is 4.71. The summed E-state index contributed by atoms with van der Waals surface area (Å²) >= 11 is 11.8. The Kier molecular flexibility index (Phi) is 5.00. The molecule has 2 heterocycles. The van der Waals surface area contributed by atoms with E-state index in [1.54, 1.807) is 0 Å². The van der Waals surface area contributed by atoms with Gasteiger partial charge in [-0.15, -0.1) is 0 Å². The van der Waals surface area contributed by atoms with Gasteiger partial charge in [-0.2, -0.15) is 0 Å². The van der Waals surface area contributed by atoms with Gasteiger partial charge in [0.05, 0.1) is 27.4 Å². The highest BCUT2D eigenvalue weighted by atomic mass is 35.5. The summed E-state index contributed by atoms with van der Waals surface area (Å²) in [6, 6.07) is 10.5. The number of anilines is 2. The Hall–Kier alpha value is -3.34. The predicted molar refractivity (Wildman–Crippen MR) is 116 cm³/mol. The van der Waals surface area contributed by atoms with E-state index in [1.807, 2.05) is 0 Å². The molecule has 0 bridgehead atoms. The summed E-state index contributed by atoms with van der Waals surface area (Å²) in [4.78, 5) is 36.1. The third kappa shape index (κ3) is 3.76. The van der Waals surface area contributed by atoms with Gasteiger partial charge in [-0.3, -0.25) is 29.0 Å². The molecule has 2 amide bonds. The number of sulfonamides is 1. The Labute approximate surface area is 185 Å². The molecule has 0 spiro atoms. The van der Waals surface area contributed by atoms with E-state index < -0.39 is 27.4 Å². The number of imide groups is 1. The lowest BCUT2D eigenvalue weighted by molar-refractivity contribution is 0.0880. The number of benzene rings is 2. The molecule has 0 saturated heterocycles. The average molecular weight is 479 g/mol. The van der Waals surface area contributed by atoms with Crippen LogP contribution in [0.3, 0.4) is 0 Å². The number of nitrogens with two attached hydrogens (primary N) is 1. The highest BCUT2D eigenvalue weighted by Crippen LogP contribution is 2.26. The Morgan fingerprint density at radius 2 is 1.52 bits per heavy atom. The number of carbonyl (C=O) groups is 2. The maximum absolute atomic E-state index is 12.7. The topological polar surface area (TPSA) is 140 Å². The van der Waals surface area contributed by atoms with Crippen LogP contribution in [0.5, 0.6) is 0 Å². The monoisotopic (exact) mass is 478 g/mol. The number of aromatic nitrogens is 1. The minimum atomic E-state index is -3.99. The number of fused-ring (bicyclic) bond motifs is 1. The molecular formula is C19H12Cl2N4O5S. The molecule has 3 aromatic rings. The minimum Gasteiger partial charge on any atom is -0.384 e. The third-order valence-corrected chi connectivity index (χ3v) is 6.31. The van der Waals surface area contributed by atoms with Crippen LogP contribution >= 0.6 is 23.2 Å². The van der Waals surface area contributed by atoms with E-state index in [0.717, 1.165) is 10.6 Å². The first-order valence-corrected chi connectivity index (χ1v) is 10.8. The fourth-order valence-electron chi connectivity index (χ4n) is 3.15. The molecule has 12 heteroatoms. The number of nitrogens with zero attached hydrogens (tertiary/aromatic N) is 1. The molecule has 9 nitrogen and oxygen atoms in total. The smallest absolute Gasteiger partial charge is 0.262 e. The summed E-state index contributed by atoms with van der Waals surface area (Å²) in [7, 11) is -3.99. The molecule has 2 aromatic carbocycles. The first kappa shape index (κ1) is 20.9. The van der Waals surface area contributed by atoms with E-state index >= 15 is 0 Å². The lowest BCUT2D eigenvalue weighted by Gasteiger charge is -2.13. The first-order valence-electron chi connectivity index (χ1n) is 8.57. The number of halogens is 2. The van der Waals surface area contributed by atoms with E-state index in [0.29, 0.717) is 0 Å². The molecule has 0 radical (unpaired) electrons. The van der Waals surface area contributed by atoms with Gasteiger partial charge in [-0.05, 0) is 42.5 Å². The zero-order valence-corrected chi connectivity index (χ0v) is 17.7. The van der Waals surface area contributed by atoms with Gasteiger partial charge in [0.25, 0.3) is 27.4 Å². The number of hydrogen-bond acceptors (Lipinski definition) is 6. The number of nitrogens with one attached hydrogen (secondary N) is 2. The van der Waals surface area contributed by atoms with Crippen LogP contribution in [0.1, 0.15) is 20.7 Å². The Bertz CT molecular complexity index is 1410. The van der Waals surface area contributed by atoms with Crippen LogP contribution in [0.15, 0.2) is 58.2 Å². The second kappa shape index (κ2) is 7.41. The summed E-state index contributed by atoms with van der Waals surface area (Å²) in [5.41, 5.74) is 5.49. The molecule has 4 N–H and O–H groups in total. The van der Waals surface area contributed by atoms with Crippen molar-refractivity contribution >= 4 is 56.5 Å². The number of nitrogen functional groups attached to an aromatic ring is 1.